The number of hydrogen-bond acceptors (Lipinski definition) is 3. The van der Waals surface area contributed by atoms with Crippen LogP contribution in [0.4, 0.5) is 0 Å². The number of nitrogens with two attached hydrogens (primary N) is 1. The molecule has 0 bridgehead atoms. The van der Waals surface area contributed by atoms with E-state index in [0.717, 1.165) is 0 Å². The third-order valence-electron chi connectivity index (χ3n) is 2.13. The predicted molar refractivity (Wildman–Crippen MR) is 52.5 cm³/mol. The Balaban J connectivity index is 2.14. The van der Waals surface area contributed by atoms with Gasteiger partial charge in [0.1, 0.15) is 12.0 Å². The summed E-state index contributed by atoms with van der Waals surface area (Å²) in [7, 11) is 0. The van der Waals surface area contributed by atoms with Gasteiger partial charge in [-0.2, -0.15) is 0 Å². The molecule has 1 aromatic carbocycles. The SMILES string of the molecule is Cc1ccc(C2NC=C(N)N2)cc1. The highest BCUT2D eigenvalue weighted by Crippen LogP contribution is 2.14. The Labute approximate surface area is 77.6 Å². The minimum absolute atomic E-state index is 0.126. The van der Waals surface area contributed by atoms with Gasteiger partial charge in [0.25, 0.3) is 0 Å². The molecule has 1 atom stereocenters. The highest BCUT2D eigenvalue weighted by molar-refractivity contribution is 5.26. The molecule has 0 aromatic heterocycles. The fraction of sp³-hybridized carbons (Fsp3) is 0.200. The first-order valence-electron chi connectivity index (χ1n) is 4.30. The molecule has 1 heterocycles. The van der Waals surface area contributed by atoms with E-state index in [-0.39, 0.29) is 6.17 Å². The van der Waals surface area contributed by atoms with Gasteiger partial charge in [0, 0.05) is 6.20 Å². The largest absolute Gasteiger partial charge is 0.384 e. The predicted octanol–water partition coefficient (Wildman–Crippen LogP) is 0.944. The molecule has 4 N–H and O–H groups in total. The maximum absolute atomic E-state index is 5.58. The molecule has 0 spiro atoms. The summed E-state index contributed by atoms with van der Waals surface area (Å²) in [5.41, 5.74) is 8.04. The quantitative estimate of drug-likeness (QED) is 0.595. The first-order valence-corrected chi connectivity index (χ1v) is 4.30. The van der Waals surface area contributed by atoms with Crippen molar-refractivity contribution in [3.63, 3.8) is 0 Å². The van der Waals surface area contributed by atoms with Crippen LogP contribution in [0.2, 0.25) is 0 Å². The van der Waals surface area contributed by atoms with Crippen molar-refractivity contribution in [2.45, 2.75) is 13.1 Å². The Morgan fingerprint density at radius 2 is 1.92 bits per heavy atom. The molecule has 0 saturated carbocycles. The smallest absolute Gasteiger partial charge is 0.124 e. The maximum Gasteiger partial charge on any atom is 0.124 e. The second-order valence-electron chi connectivity index (χ2n) is 3.25. The standard InChI is InChI=1S/C10H13N3/c1-7-2-4-8(5-3-7)10-12-6-9(11)13-10/h2-6,10,12-13H,11H2,1H3. The molecule has 0 fully saturated rings. The fourth-order valence-corrected chi connectivity index (χ4v) is 1.36. The van der Waals surface area contributed by atoms with Gasteiger partial charge in [-0.05, 0) is 12.5 Å². The van der Waals surface area contributed by atoms with Crippen molar-refractivity contribution < 1.29 is 0 Å². The molecular formula is C10H13N3. The second kappa shape index (κ2) is 3.01. The van der Waals surface area contributed by atoms with Gasteiger partial charge in [-0.3, -0.25) is 0 Å². The van der Waals surface area contributed by atoms with E-state index in [2.05, 4.69) is 41.8 Å². The van der Waals surface area contributed by atoms with E-state index in [0.29, 0.717) is 5.82 Å². The van der Waals surface area contributed by atoms with E-state index in [1.807, 2.05) is 0 Å². The van der Waals surface area contributed by atoms with Gasteiger partial charge in [-0.1, -0.05) is 29.8 Å². The first-order chi connectivity index (χ1) is 6.25. The van der Waals surface area contributed by atoms with Crippen LogP contribution in [0.1, 0.15) is 17.3 Å². The average Bonchev–Trinajstić information content (AvgIpc) is 2.53. The lowest BCUT2D eigenvalue weighted by atomic mass is 10.1. The van der Waals surface area contributed by atoms with Crippen molar-refractivity contribution in [3.05, 3.63) is 47.4 Å². The summed E-state index contributed by atoms with van der Waals surface area (Å²) in [5.74, 6) is 0.686. The zero-order valence-electron chi connectivity index (χ0n) is 7.54. The second-order valence-corrected chi connectivity index (χ2v) is 3.25. The Morgan fingerprint density at radius 1 is 1.23 bits per heavy atom. The molecule has 3 heteroatoms. The molecule has 2 rings (SSSR count). The fourth-order valence-electron chi connectivity index (χ4n) is 1.36. The van der Waals surface area contributed by atoms with Crippen LogP contribution in [0, 0.1) is 6.92 Å². The first kappa shape index (κ1) is 7.98. The van der Waals surface area contributed by atoms with Crippen LogP contribution >= 0.6 is 0 Å². The summed E-state index contributed by atoms with van der Waals surface area (Å²) in [6.07, 6.45) is 1.91. The van der Waals surface area contributed by atoms with E-state index in [9.17, 15) is 0 Å². The Morgan fingerprint density at radius 3 is 2.46 bits per heavy atom. The molecule has 1 unspecified atom stereocenters. The topological polar surface area (TPSA) is 50.1 Å². The van der Waals surface area contributed by atoms with Crippen molar-refractivity contribution in [1.29, 1.82) is 0 Å². The van der Waals surface area contributed by atoms with Crippen LogP contribution in [0.3, 0.4) is 0 Å². The number of nitrogens with one attached hydrogen (secondary N) is 2. The lowest BCUT2D eigenvalue weighted by Gasteiger charge is -2.13. The Bertz CT molecular complexity index is 327. The van der Waals surface area contributed by atoms with Gasteiger partial charge in [0.05, 0.1) is 0 Å². The maximum atomic E-state index is 5.58. The molecule has 1 aromatic rings. The van der Waals surface area contributed by atoms with E-state index in [1.54, 1.807) is 6.20 Å². The molecule has 3 nitrogen and oxygen atoms in total. The van der Waals surface area contributed by atoms with Gasteiger partial charge in [0.2, 0.25) is 0 Å². The number of rotatable bonds is 1. The zero-order valence-corrected chi connectivity index (χ0v) is 7.54. The van der Waals surface area contributed by atoms with Crippen LogP contribution in [0.25, 0.3) is 0 Å². The van der Waals surface area contributed by atoms with Gasteiger partial charge < -0.3 is 16.4 Å². The third kappa shape index (κ3) is 1.59. The lowest BCUT2D eigenvalue weighted by molar-refractivity contribution is 0.593. The van der Waals surface area contributed by atoms with Crippen molar-refractivity contribution in [2.24, 2.45) is 5.73 Å². The van der Waals surface area contributed by atoms with Gasteiger partial charge in [-0.15, -0.1) is 0 Å². The summed E-state index contributed by atoms with van der Waals surface area (Å²) in [6, 6.07) is 8.36. The minimum Gasteiger partial charge on any atom is -0.384 e. The molecule has 68 valence electrons. The van der Waals surface area contributed by atoms with E-state index in [4.69, 9.17) is 5.73 Å². The molecule has 0 amide bonds. The Hall–Kier alpha value is -1.64. The molecule has 0 radical (unpaired) electrons. The normalized spacial score (nSPS) is 20.4. The van der Waals surface area contributed by atoms with E-state index in [1.165, 1.54) is 11.1 Å². The van der Waals surface area contributed by atoms with Crippen molar-refractivity contribution >= 4 is 0 Å². The summed E-state index contributed by atoms with van der Waals surface area (Å²) < 4.78 is 0. The summed E-state index contributed by atoms with van der Waals surface area (Å²) in [4.78, 5) is 0. The molecule has 0 aliphatic carbocycles. The summed E-state index contributed by atoms with van der Waals surface area (Å²) in [5, 5.41) is 6.26. The highest BCUT2D eigenvalue weighted by atomic mass is 15.2. The number of aryl methyl sites for hydroxylation is 1. The molecule has 13 heavy (non-hydrogen) atoms. The molecule has 1 aliphatic heterocycles. The van der Waals surface area contributed by atoms with Gasteiger partial charge >= 0.3 is 0 Å². The average molecular weight is 175 g/mol. The summed E-state index contributed by atoms with van der Waals surface area (Å²) in [6.45, 7) is 2.08. The monoisotopic (exact) mass is 175 g/mol. The number of benzene rings is 1. The Kier molecular flexibility index (Phi) is 1.85. The third-order valence-corrected chi connectivity index (χ3v) is 2.13. The van der Waals surface area contributed by atoms with Crippen LogP contribution in [0.15, 0.2) is 36.3 Å². The van der Waals surface area contributed by atoms with E-state index >= 15 is 0 Å². The van der Waals surface area contributed by atoms with Crippen molar-refractivity contribution in [1.82, 2.24) is 10.6 Å². The van der Waals surface area contributed by atoms with Crippen LogP contribution in [0.5, 0.6) is 0 Å². The highest BCUT2D eigenvalue weighted by Gasteiger charge is 2.13. The number of hydrogen-bond donors (Lipinski definition) is 3. The van der Waals surface area contributed by atoms with E-state index < -0.39 is 0 Å². The molecule has 0 saturated heterocycles. The molecule has 1 aliphatic rings. The minimum atomic E-state index is 0.126. The summed E-state index contributed by atoms with van der Waals surface area (Å²) >= 11 is 0. The van der Waals surface area contributed by atoms with Crippen LogP contribution in [-0.2, 0) is 0 Å². The molecular weight excluding hydrogens is 162 g/mol. The van der Waals surface area contributed by atoms with Crippen LogP contribution in [-0.4, -0.2) is 0 Å². The lowest BCUT2D eigenvalue weighted by Crippen LogP contribution is -2.24. The zero-order chi connectivity index (χ0) is 9.26. The van der Waals surface area contributed by atoms with Crippen molar-refractivity contribution in [2.75, 3.05) is 0 Å². The van der Waals surface area contributed by atoms with Crippen molar-refractivity contribution in [3.8, 4) is 0 Å². The van der Waals surface area contributed by atoms with Crippen LogP contribution < -0.4 is 16.4 Å². The van der Waals surface area contributed by atoms with Gasteiger partial charge in [-0.25, -0.2) is 0 Å². The van der Waals surface area contributed by atoms with Gasteiger partial charge in [0.15, 0.2) is 0 Å².